The lowest BCUT2D eigenvalue weighted by Gasteiger charge is -2.32. The number of rotatable bonds is 5. The highest BCUT2D eigenvalue weighted by atomic mass is 32.2. The normalized spacial score (nSPS) is 21.5. The Kier molecular flexibility index (Phi) is 4.88. The second-order valence-corrected chi connectivity index (χ2v) is 7.73. The van der Waals surface area contributed by atoms with Crippen molar-refractivity contribution in [2.45, 2.75) is 43.2 Å². The lowest BCUT2D eigenvalue weighted by atomic mass is 9.95. The van der Waals surface area contributed by atoms with Gasteiger partial charge in [0, 0.05) is 43.5 Å². The van der Waals surface area contributed by atoms with Crippen LogP contribution in [0.4, 0.5) is 0 Å². The maximum absolute atomic E-state index is 12.2. The predicted molar refractivity (Wildman–Crippen MR) is 87.4 cm³/mol. The molecule has 0 amide bonds. The van der Waals surface area contributed by atoms with Gasteiger partial charge in [-0.15, -0.1) is 0 Å². The molecule has 1 aliphatic heterocycles. The molecule has 0 bridgehead atoms. The Morgan fingerprint density at radius 3 is 2.67 bits per heavy atom. The smallest absolute Gasteiger partial charge is 0.242 e. The monoisotopic (exact) mass is 348 g/mol. The number of pyridine rings is 1. The molecule has 0 spiro atoms. The summed E-state index contributed by atoms with van der Waals surface area (Å²) in [6.07, 6.45) is 9.15. The van der Waals surface area contributed by atoms with Crippen molar-refractivity contribution in [1.82, 2.24) is 19.7 Å². The van der Waals surface area contributed by atoms with E-state index >= 15 is 0 Å². The van der Waals surface area contributed by atoms with Gasteiger partial charge >= 0.3 is 0 Å². The molecule has 1 atom stereocenters. The third-order valence-electron chi connectivity index (χ3n) is 4.06. The molecule has 0 aromatic carbocycles. The van der Waals surface area contributed by atoms with Crippen LogP contribution < -0.4 is 4.72 Å². The van der Waals surface area contributed by atoms with Gasteiger partial charge in [0.25, 0.3) is 0 Å². The van der Waals surface area contributed by atoms with Gasteiger partial charge in [0.05, 0.1) is 0 Å². The van der Waals surface area contributed by atoms with Crippen molar-refractivity contribution in [2.24, 2.45) is 0 Å². The second-order valence-electron chi connectivity index (χ2n) is 5.96. The van der Waals surface area contributed by atoms with E-state index in [0.717, 1.165) is 19.3 Å². The van der Waals surface area contributed by atoms with E-state index in [2.05, 4.69) is 19.7 Å². The van der Waals surface area contributed by atoms with Crippen molar-refractivity contribution in [3.63, 3.8) is 0 Å². The maximum atomic E-state index is 12.2. The molecule has 0 aliphatic carbocycles. The Hall–Kier alpha value is -1.90. The maximum Gasteiger partial charge on any atom is 0.242 e. The quantitative estimate of drug-likeness (QED) is 0.885. The standard InChI is InChI=1S/C16H20N4O3S/c1-16(6-2-3-8-23-16)15-18-9-13(10-19-15)11-20-24(21,22)14-5-4-7-17-12-14/h4-5,7,9-10,12,20H,2-3,6,8,11H2,1H3. The van der Waals surface area contributed by atoms with Crippen molar-refractivity contribution in [1.29, 1.82) is 0 Å². The Balaban J connectivity index is 1.66. The van der Waals surface area contributed by atoms with Gasteiger partial charge < -0.3 is 4.74 Å². The number of hydrogen-bond donors (Lipinski definition) is 1. The molecular weight excluding hydrogens is 328 g/mol. The molecule has 3 heterocycles. The average molecular weight is 348 g/mol. The summed E-state index contributed by atoms with van der Waals surface area (Å²) in [5, 5.41) is 0. The Morgan fingerprint density at radius 2 is 2.04 bits per heavy atom. The van der Waals surface area contributed by atoms with Crippen LogP contribution >= 0.6 is 0 Å². The summed E-state index contributed by atoms with van der Waals surface area (Å²) in [7, 11) is -3.59. The summed E-state index contributed by atoms with van der Waals surface area (Å²) in [5.74, 6) is 0.640. The molecule has 0 radical (unpaired) electrons. The van der Waals surface area contributed by atoms with E-state index in [4.69, 9.17) is 4.74 Å². The van der Waals surface area contributed by atoms with E-state index in [1.165, 1.54) is 18.5 Å². The van der Waals surface area contributed by atoms with E-state index in [0.29, 0.717) is 18.0 Å². The number of ether oxygens (including phenoxy) is 1. The fourth-order valence-corrected chi connectivity index (χ4v) is 3.58. The first-order chi connectivity index (χ1) is 11.5. The van der Waals surface area contributed by atoms with Crippen LogP contribution in [0.1, 0.15) is 37.6 Å². The summed E-state index contributed by atoms with van der Waals surface area (Å²) in [6.45, 7) is 2.83. The third kappa shape index (κ3) is 3.77. The van der Waals surface area contributed by atoms with E-state index < -0.39 is 15.6 Å². The molecule has 1 saturated heterocycles. The summed E-state index contributed by atoms with van der Waals surface area (Å²) in [4.78, 5) is 12.7. The molecule has 2 aromatic heterocycles. The van der Waals surface area contributed by atoms with Crippen molar-refractivity contribution in [3.05, 3.63) is 48.3 Å². The Labute approximate surface area is 141 Å². The van der Waals surface area contributed by atoms with Crippen LogP contribution in [-0.2, 0) is 26.9 Å². The van der Waals surface area contributed by atoms with Gasteiger partial charge in [-0.1, -0.05) is 0 Å². The van der Waals surface area contributed by atoms with E-state index in [-0.39, 0.29) is 11.4 Å². The lowest BCUT2D eigenvalue weighted by Crippen LogP contribution is -2.32. The molecule has 2 aromatic rings. The predicted octanol–water partition coefficient (Wildman–Crippen LogP) is 1.77. The molecule has 24 heavy (non-hydrogen) atoms. The Morgan fingerprint density at radius 1 is 1.25 bits per heavy atom. The summed E-state index contributed by atoms with van der Waals surface area (Å²) >= 11 is 0. The molecule has 0 saturated carbocycles. The minimum absolute atomic E-state index is 0.120. The van der Waals surface area contributed by atoms with Crippen LogP contribution in [0.2, 0.25) is 0 Å². The van der Waals surface area contributed by atoms with Crippen LogP contribution in [0.15, 0.2) is 41.8 Å². The number of hydrogen-bond acceptors (Lipinski definition) is 6. The first kappa shape index (κ1) is 16.9. The molecule has 1 aliphatic rings. The summed E-state index contributed by atoms with van der Waals surface area (Å²) in [5.41, 5.74) is 0.233. The molecular formula is C16H20N4O3S. The number of aromatic nitrogens is 3. The number of sulfonamides is 1. The lowest BCUT2D eigenvalue weighted by molar-refractivity contribution is -0.0760. The fourth-order valence-electron chi connectivity index (χ4n) is 2.60. The fraction of sp³-hybridized carbons (Fsp3) is 0.438. The highest BCUT2D eigenvalue weighted by Gasteiger charge is 2.32. The highest BCUT2D eigenvalue weighted by molar-refractivity contribution is 7.89. The Bertz CT molecular complexity index is 773. The topological polar surface area (TPSA) is 94.1 Å². The summed E-state index contributed by atoms with van der Waals surface area (Å²) < 4.78 is 32.7. The number of nitrogens with zero attached hydrogens (tertiary/aromatic N) is 3. The second kappa shape index (κ2) is 6.92. The number of nitrogens with one attached hydrogen (secondary N) is 1. The SMILES string of the molecule is CC1(c2ncc(CNS(=O)(=O)c3cccnc3)cn2)CCCCO1. The molecule has 1 N–H and O–H groups in total. The minimum atomic E-state index is -3.59. The van der Waals surface area contributed by atoms with Crippen molar-refractivity contribution in [2.75, 3.05) is 6.61 Å². The van der Waals surface area contributed by atoms with E-state index in [1.807, 2.05) is 6.92 Å². The molecule has 7 nitrogen and oxygen atoms in total. The minimum Gasteiger partial charge on any atom is -0.367 e. The molecule has 8 heteroatoms. The van der Waals surface area contributed by atoms with Gasteiger partial charge in [-0.3, -0.25) is 4.98 Å². The van der Waals surface area contributed by atoms with Crippen LogP contribution in [-0.4, -0.2) is 30.0 Å². The van der Waals surface area contributed by atoms with Gasteiger partial charge in [0.15, 0.2) is 5.82 Å². The zero-order chi connectivity index (χ0) is 17.0. The van der Waals surface area contributed by atoms with Crippen LogP contribution in [0.5, 0.6) is 0 Å². The highest BCUT2D eigenvalue weighted by Crippen LogP contribution is 2.32. The van der Waals surface area contributed by atoms with Gasteiger partial charge in [-0.2, -0.15) is 0 Å². The molecule has 1 unspecified atom stereocenters. The van der Waals surface area contributed by atoms with Crippen LogP contribution in [0.3, 0.4) is 0 Å². The van der Waals surface area contributed by atoms with Gasteiger partial charge in [0.1, 0.15) is 10.5 Å². The zero-order valence-corrected chi connectivity index (χ0v) is 14.3. The molecule has 3 rings (SSSR count). The largest absolute Gasteiger partial charge is 0.367 e. The van der Waals surface area contributed by atoms with Gasteiger partial charge in [-0.25, -0.2) is 23.1 Å². The van der Waals surface area contributed by atoms with E-state index in [1.54, 1.807) is 18.5 Å². The summed E-state index contributed by atoms with van der Waals surface area (Å²) in [6, 6.07) is 3.08. The van der Waals surface area contributed by atoms with Crippen LogP contribution in [0, 0.1) is 0 Å². The first-order valence-electron chi connectivity index (χ1n) is 7.85. The average Bonchev–Trinajstić information content (AvgIpc) is 2.62. The molecule has 128 valence electrons. The van der Waals surface area contributed by atoms with Crippen LogP contribution in [0.25, 0.3) is 0 Å². The first-order valence-corrected chi connectivity index (χ1v) is 9.33. The van der Waals surface area contributed by atoms with Crippen molar-refractivity contribution < 1.29 is 13.2 Å². The van der Waals surface area contributed by atoms with Gasteiger partial charge in [0.2, 0.25) is 10.0 Å². The van der Waals surface area contributed by atoms with E-state index in [9.17, 15) is 8.42 Å². The zero-order valence-electron chi connectivity index (χ0n) is 13.5. The molecule has 1 fully saturated rings. The van der Waals surface area contributed by atoms with Gasteiger partial charge in [-0.05, 0) is 38.3 Å². The van der Waals surface area contributed by atoms with Crippen molar-refractivity contribution in [3.8, 4) is 0 Å². The third-order valence-corrected chi connectivity index (χ3v) is 5.44. The van der Waals surface area contributed by atoms with Crippen molar-refractivity contribution >= 4 is 10.0 Å².